The van der Waals surface area contributed by atoms with Crippen LogP contribution in [0.15, 0.2) is 36.5 Å². The number of hydrogen-bond acceptors (Lipinski definition) is 9. The van der Waals surface area contributed by atoms with E-state index in [1.165, 1.54) is 21.3 Å². The van der Waals surface area contributed by atoms with Crippen molar-refractivity contribution in [2.75, 3.05) is 50.4 Å². The second-order valence-electron chi connectivity index (χ2n) is 7.25. The predicted octanol–water partition coefficient (Wildman–Crippen LogP) is 3.49. The van der Waals surface area contributed by atoms with Gasteiger partial charge in [-0.15, -0.1) is 0 Å². The van der Waals surface area contributed by atoms with Crippen LogP contribution in [-0.4, -0.2) is 55.4 Å². The first kappa shape index (κ1) is 24.4. The van der Waals surface area contributed by atoms with Crippen molar-refractivity contribution >= 4 is 29.2 Å². The molecule has 1 aromatic carbocycles. The van der Waals surface area contributed by atoms with Crippen LogP contribution >= 0.6 is 0 Å². The summed E-state index contributed by atoms with van der Waals surface area (Å²) in [6, 6.07) is 8.58. The molecule has 0 fully saturated rings. The number of pyridine rings is 1. The SMILES string of the molecule is COc1cc(NC(=O)NCCNc2cc(Nc3cc(C)ccn3)nc(C)n2)cc(OC)c1OC. The number of carbonyl (C=O) groups excluding carboxylic acids is 1. The van der Waals surface area contributed by atoms with Crippen molar-refractivity contribution in [3.8, 4) is 17.2 Å². The highest BCUT2D eigenvalue weighted by Crippen LogP contribution is 2.39. The molecule has 2 amide bonds. The molecule has 2 aromatic heterocycles. The number of carbonyl (C=O) groups is 1. The average Bonchev–Trinajstić information content (AvgIpc) is 2.80. The molecule has 180 valence electrons. The van der Waals surface area contributed by atoms with Gasteiger partial charge in [0, 0.05) is 37.5 Å². The molecule has 0 atom stereocenters. The van der Waals surface area contributed by atoms with Crippen molar-refractivity contribution < 1.29 is 19.0 Å². The first-order valence-electron chi connectivity index (χ1n) is 10.6. The van der Waals surface area contributed by atoms with E-state index in [2.05, 4.69) is 36.2 Å². The normalized spacial score (nSPS) is 10.3. The molecule has 4 N–H and O–H groups in total. The van der Waals surface area contributed by atoms with Gasteiger partial charge in [0.1, 0.15) is 23.3 Å². The van der Waals surface area contributed by atoms with Crippen molar-refractivity contribution in [1.29, 1.82) is 0 Å². The van der Waals surface area contributed by atoms with Crippen LogP contribution in [0, 0.1) is 13.8 Å². The maximum Gasteiger partial charge on any atom is 0.319 e. The molecule has 3 rings (SSSR count). The lowest BCUT2D eigenvalue weighted by Gasteiger charge is -2.15. The summed E-state index contributed by atoms with van der Waals surface area (Å²) in [5.74, 6) is 3.91. The number of benzene rings is 1. The van der Waals surface area contributed by atoms with Crippen molar-refractivity contribution in [2.45, 2.75) is 13.8 Å². The predicted molar refractivity (Wildman–Crippen MR) is 131 cm³/mol. The molecular formula is C23H29N7O4. The highest BCUT2D eigenvalue weighted by Gasteiger charge is 2.14. The Morgan fingerprint density at radius 3 is 2.24 bits per heavy atom. The molecule has 11 heteroatoms. The Morgan fingerprint density at radius 1 is 0.882 bits per heavy atom. The summed E-state index contributed by atoms with van der Waals surface area (Å²) in [4.78, 5) is 25.4. The summed E-state index contributed by atoms with van der Waals surface area (Å²) in [7, 11) is 4.55. The molecule has 2 heterocycles. The van der Waals surface area contributed by atoms with Crippen molar-refractivity contribution in [2.24, 2.45) is 0 Å². The minimum atomic E-state index is -0.372. The van der Waals surface area contributed by atoms with Crippen LogP contribution in [0.2, 0.25) is 0 Å². The maximum atomic E-state index is 12.3. The van der Waals surface area contributed by atoms with Crippen LogP contribution in [-0.2, 0) is 0 Å². The second kappa shape index (κ2) is 11.5. The van der Waals surface area contributed by atoms with Gasteiger partial charge in [-0.05, 0) is 31.5 Å². The number of hydrogen-bond donors (Lipinski definition) is 4. The van der Waals surface area contributed by atoms with Crippen LogP contribution in [0.25, 0.3) is 0 Å². The van der Waals surface area contributed by atoms with E-state index in [1.807, 2.05) is 26.0 Å². The number of rotatable bonds is 10. The molecule has 0 saturated heterocycles. The summed E-state index contributed by atoms with van der Waals surface area (Å²) in [6.07, 6.45) is 1.74. The van der Waals surface area contributed by atoms with Crippen LogP contribution in [0.3, 0.4) is 0 Å². The van der Waals surface area contributed by atoms with Gasteiger partial charge in [-0.1, -0.05) is 0 Å². The van der Waals surface area contributed by atoms with Gasteiger partial charge in [0.15, 0.2) is 11.5 Å². The Kier molecular flexibility index (Phi) is 8.27. The number of nitrogens with one attached hydrogen (secondary N) is 4. The molecular weight excluding hydrogens is 438 g/mol. The fourth-order valence-corrected chi connectivity index (χ4v) is 3.15. The topological polar surface area (TPSA) is 132 Å². The van der Waals surface area contributed by atoms with E-state index >= 15 is 0 Å². The molecule has 0 aliphatic heterocycles. The van der Waals surface area contributed by atoms with E-state index in [0.717, 1.165) is 5.56 Å². The Bertz CT molecular complexity index is 1120. The standard InChI is InChI=1S/C23H29N7O4/c1-14-6-7-24-19(10-14)30-21-13-20(27-15(2)28-21)25-8-9-26-23(31)29-16-11-17(32-3)22(34-5)18(12-16)33-4/h6-7,10-13H,8-9H2,1-5H3,(H2,26,29,31)(H2,24,25,27,28,30). The molecule has 11 nitrogen and oxygen atoms in total. The minimum absolute atomic E-state index is 0.363. The largest absolute Gasteiger partial charge is 0.493 e. The Balaban J connectivity index is 1.52. The van der Waals surface area contributed by atoms with Gasteiger partial charge >= 0.3 is 6.03 Å². The van der Waals surface area contributed by atoms with Crippen LogP contribution in [0.1, 0.15) is 11.4 Å². The molecule has 0 spiro atoms. The van der Waals surface area contributed by atoms with Gasteiger partial charge in [-0.3, -0.25) is 0 Å². The van der Waals surface area contributed by atoms with Gasteiger partial charge in [0.25, 0.3) is 0 Å². The Labute approximate surface area is 198 Å². The fraction of sp³-hybridized carbons (Fsp3) is 0.304. The van der Waals surface area contributed by atoms with Gasteiger partial charge < -0.3 is 35.5 Å². The van der Waals surface area contributed by atoms with E-state index in [0.29, 0.717) is 59.3 Å². The quantitative estimate of drug-likeness (QED) is 0.331. The zero-order valence-electron chi connectivity index (χ0n) is 19.9. The van der Waals surface area contributed by atoms with E-state index < -0.39 is 0 Å². The number of urea groups is 1. The van der Waals surface area contributed by atoms with Gasteiger partial charge in [-0.25, -0.2) is 19.7 Å². The zero-order valence-corrected chi connectivity index (χ0v) is 19.9. The van der Waals surface area contributed by atoms with Gasteiger partial charge in [-0.2, -0.15) is 0 Å². The number of amides is 2. The molecule has 3 aromatic rings. The van der Waals surface area contributed by atoms with E-state index in [-0.39, 0.29) is 6.03 Å². The molecule has 0 unspecified atom stereocenters. The smallest absolute Gasteiger partial charge is 0.319 e. The third kappa shape index (κ3) is 6.61. The van der Waals surface area contributed by atoms with Crippen molar-refractivity contribution in [3.05, 3.63) is 47.9 Å². The number of ether oxygens (including phenoxy) is 3. The monoisotopic (exact) mass is 467 g/mol. The second-order valence-corrected chi connectivity index (χ2v) is 7.25. The number of anilines is 4. The Hall–Kier alpha value is -4.28. The summed E-state index contributed by atoms with van der Waals surface area (Å²) < 4.78 is 15.9. The highest BCUT2D eigenvalue weighted by molar-refractivity contribution is 5.90. The minimum Gasteiger partial charge on any atom is -0.493 e. The van der Waals surface area contributed by atoms with Crippen LogP contribution < -0.4 is 35.5 Å². The summed E-state index contributed by atoms with van der Waals surface area (Å²) in [5.41, 5.74) is 1.60. The van der Waals surface area contributed by atoms with E-state index in [4.69, 9.17) is 14.2 Å². The van der Waals surface area contributed by atoms with Gasteiger partial charge in [0.2, 0.25) is 5.75 Å². The zero-order chi connectivity index (χ0) is 24.5. The van der Waals surface area contributed by atoms with Crippen LogP contribution in [0.5, 0.6) is 17.2 Å². The van der Waals surface area contributed by atoms with Crippen molar-refractivity contribution in [3.63, 3.8) is 0 Å². The molecule has 0 aliphatic carbocycles. The summed E-state index contributed by atoms with van der Waals surface area (Å²) >= 11 is 0. The fourth-order valence-electron chi connectivity index (χ4n) is 3.15. The highest BCUT2D eigenvalue weighted by atomic mass is 16.5. The first-order valence-corrected chi connectivity index (χ1v) is 10.6. The first-order chi connectivity index (χ1) is 16.4. The van der Waals surface area contributed by atoms with E-state index in [9.17, 15) is 4.79 Å². The van der Waals surface area contributed by atoms with E-state index in [1.54, 1.807) is 24.4 Å². The number of methoxy groups -OCH3 is 3. The number of aryl methyl sites for hydroxylation is 2. The maximum absolute atomic E-state index is 12.3. The third-order valence-corrected chi connectivity index (χ3v) is 4.65. The molecule has 0 saturated carbocycles. The molecule has 0 bridgehead atoms. The Morgan fingerprint density at radius 2 is 1.59 bits per heavy atom. The van der Waals surface area contributed by atoms with Gasteiger partial charge in [0.05, 0.1) is 27.0 Å². The lowest BCUT2D eigenvalue weighted by molar-refractivity contribution is 0.252. The van der Waals surface area contributed by atoms with Crippen molar-refractivity contribution in [1.82, 2.24) is 20.3 Å². The summed E-state index contributed by atoms with van der Waals surface area (Å²) in [6.45, 7) is 4.63. The number of aromatic nitrogens is 3. The lowest BCUT2D eigenvalue weighted by Crippen LogP contribution is -2.32. The lowest BCUT2D eigenvalue weighted by atomic mass is 10.2. The summed E-state index contributed by atoms with van der Waals surface area (Å²) in [5, 5.41) is 11.9. The third-order valence-electron chi connectivity index (χ3n) is 4.65. The van der Waals surface area contributed by atoms with Crippen LogP contribution in [0.4, 0.5) is 27.9 Å². The molecule has 34 heavy (non-hydrogen) atoms. The average molecular weight is 468 g/mol. The molecule has 0 aliphatic rings. The number of nitrogens with zero attached hydrogens (tertiary/aromatic N) is 3. The molecule has 0 radical (unpaired) electrons.